The summed E-state index contributed by atoms with van der Waals surface area (Å²) in [5.41, 5.74) is 4.00. The Hall–Kier alpha value is -4.01. The van der Waals surface area contributed by atoms with Crippen molar-refractivity contribution in [2.75, 3.05) is 11.9 Å². The standard InChI is InChI=1S/C29H27ClN2O3/c1-4-8-23-15-22(16-24(18-31)29(33)32-26-10-7-6-9-20(26)3)17-27(34-5-2)28(23)35-19-21-11-13-25(30)14-12-21/h4,6-7,9-17H,1,5,8,19H2,2-3H3,(H,32,33)/b24-16-. The van der Waals surface area contributed by atoms with Gasteiger partial charge in [0.25, 0.3) is 5.91 Å². The van der Waals surface area contributed by atoms with Crippen LogP contribution in [0.25, 0.3) is 6.08 Å². The van der Waals surface area contributed by atoms with E-state index in [1.807, 2.05) is 68.4 Å². The average Bonchev–Trinajstić information content (AvgIpc) is 2.85. The first-order valence-electron chi connectivity index (χ1n) is 11.2. The van der Waals surface area contributed by atoms with Crippen LogP contribution in [0.4, 0.5) is 5.69 Å². The number of hydrogen-bond acceptors (Lipinski definition) is 4. The van der Waals surface area contributed by atoms with Gasteiger partial charge in [-0.05, 0) is 73.4 Å². The number of nitrogens with one attached hydrogen (secondary N) is 1. The number of nitriles is 1. The molecule has 0 aliphatic carbocycles. The minimum Gasteiger partial charge on any atom is -0.490 e. The van der Waals surface area contributed by atoms with Crippen LogP contribution in [-0.2, 0) is 17.8 Å². The van der Waals surface area contributed by atoms with Gasteiger partial charge in [0.2, 0.25) is 0 Å². The molecule has 3 aromatic carbocycles. The molecule has 0 heterocycles. The Balaban J connectivity index is 1.93. The smallest absolute Gasteiger partial charge is 0.266 e. The fourth-order valence-corrected chi connectivity index (χ4v) is 3.58. The van der Waals surface area contributed by atoms with Crippen molar-refractivity contribution in [3.63, 3.8) is 0 Å². The van der Waals surface area contributed by atoms with Gasteiger partial charge in [0, 0.05) is 16.3 Å². The topological polar surface area (TPSA) is 71.4 Å². The summed E-state index contributed by atoms with van der Waals surface area (Å²) in [4.78, 5) is 12.8. The van der Waals surface area contributed by atoms with Gasteiger partial charge >= 0.3 is 0 Å². The fourth-order valence-electron chi connectivity index (χ4n) is 3.45. The lowest BCUT2D eigenvalue weighted by molar-refractivity contribution is -0.112. The van der Waals surface area contributed by atoms with Gasteiger partial charge in [0.15, 0.2) is 11.5 Å². The van der Waals surface area contributed by atoms with Crippen LogP contribution in [0, 0.1) is 18.3 Å². The van der Waals surface area contributed by atoms with Gasteiger partial charge in [0.1, 0.15) is 18.2 Å². The van der Waals surface area contributed by atoms with Crippen molar-refractivity contribution in [3.8, 4) is 17.6 Å². The first kappa shape index (κ1) is 25.6. The molecule has 178 valence electrons. The molecule has 0 aromatic heterocycles. The normalized spacial score (nSPS) is 10.9. The number of allylic oxidation sites excluding steroid dienone is 1. The third-order valence-corrected chi connectivity index (χ3v) is 5.44. The van der Waals surface area contributed by atoms with Crippen molar-refractivity contribution in [3.05, 3.63) is 106 Å². The molecule has 35 heavy (non-hydrogen) atoms. The Morgan fingerprint density at radius 2 is 1.89 bits per heavy atom. The Morgan fingerprint density at radius 3 is 2.54 bits per heavy atom. The van der Waals surface area contributed by atoms with E-state index in [2.05, 4.69) is 11.9 Å². The minimum absolute atomic E-state index is 0.0184. The van der Waals surface area contributed by atoms with Crippen LogP contribution in [0.1, 0.15) is 29.2 Å². The molecule has 0 fully saturated rings. The summed E-state index contributed by atoms with van der Waals surface area (Å²) in [7, 11) is 0. The third-order valence-electron chi connectivity index (χ3n) is 5.18. The van der Waals surface area contributed by atoms with Gasteiger partial charge in [-0.15, -0.1) is 6.58 Å². The van der Waals surface area contributed by atoms with Crippen LogP contribution in [0.15, 0.2) is 78.9 Å². The van der Waals surface area contributed by atoms with Crippen LogP contribution in [-0.4, -0.2) is 12.5 Å². The molecule has 0 aliphatic rings. The highest BCUT2D eigenvalue weighted by molar-refractivity contribution is 6.30. The van der Waals surface area contributed by atoms with E-state index in [1.54, 1.807) is 24.3 Å². The maximum atomic E-state index is 12.8. The van der Waals surface area contributed by atoms with E-state index < -0.39 is 5.91 Å². The second-order valence-corrected chi connectivity index (χ2v) is 8.22. The molecule has 0 saturated heterocycles. The van der Waals surface area contributed by atoms with Crippen LogP contribution in [0.2, 0.25) is 5.02 Å². The van der Waals surface area contributed by atoms with Gasteiger partial charge in [0.05, 0.1) is 6.61 Å². The minimum atomic E-state index is -0.479. The lowest BCUT2D eigenvalue weighted by atomic mass is 10.0. The fraction of sp³-hybridized carbons (Fsp3) is 0.172. The molecule has 6 heteroatoms. The maximum absolute atomic E-state index is 12.8. The molecule has 0 atom stereocenters. The number of amides is 1. The maximum Gasteiger partial charge on any atom is 0.266 e. The molecule has 0 spiro atoms. The van der Waals surface area contributed by atoms with E-state index in [4.69, 9.17) is 21.1 Å². The number of para-hydroxylation sites is 1. The monoisotopic (exact) mass is 486 g/mol. The summed E-state index contributed by atoms with van der Waals surface area (Å²) in [6, 6.07) is 20.5. The largest absolute Gasteiger partial charge is 0.490 e. The molecule has 0 radical (unpaired) electrons. The number of ether oxygens (including phenoxy) is 2. The van der Waals surface area contributed by atoms with Crippen LogP contribution in [0.5, 0.6) is 11.5 Å². The van der Waals surface area contributed by atoms with Gasteiger partial charge in [-0.3, -0.25) is 4.79 Å². The summed E-state index contributed by atoms with van der Waals surface area (Å²) in [6.45, 7) is 8.38. The molecule has 0 bridgehead atoms. The predicted octanol–water partition coefficient (Wildman–Crippen LogP) is 6.90. The van der Waals surface area contributed by atoms with Crippen molar-refractivity contribution < 1.29 is 14.3 Å². The van der Waals surface area contributed by atoms with Crippen molar-refractivity contribution in [2.45, 2.75) is 26.9 Å². The van der Waals surface area contributed by atoms with E-state index in [1.165, 1.54) is 0 Å². The van der Waals surface area contributed by atoms with E-state index in [9.17, 15) is 10.1 Å². The SMILES string of the molecule is C=CCc1cc(/C=C(/C#N)C(=O)Nc2ccccc2C)cc(OCC)c1OCc1ccc(Cl)cc1. The number of halogens is 1. The zero-order chi connectivity index (χ0) is 25.2. The highest BCUT2D eigenvalue weighted by Gasteiger charge is 2.16. The second kappa shape index (κ2) is 12.5. The Kier molecular flexibility index (Phi) is 9.11. The number of rotatable bonds is 10. The van der Waals surface area contributed by atoms with Crippen molar-refractivity contribution >= 4 is 29.3 Å². The van der Waals surface area contributed by atoms with Gasteiger partial charge in [-0.2, -0.15) is 5.26 Å². The van der Waals surface area contributed by atoms with Gasteiger partial charge in [-0.25, -0.2) is 0 Å². The lowest BCUT2D eigenvalue weighted by Crippen LogP contribution is -2.14. The van der Waals surface area contributed by atoms with Gasteiger partial charge < -0.3 is 14.8 Å². The number of hydrogen-bond donors (Lipinski definition) is 1. The summed E-state index contributed by atoms with van der Waals surface area (Å²) >= 11 is 5.98. The zero-order valence-electron chi connectivity index (χ0n) is 19.8. The number of benzene rings is 3. The van der Waals surface area contributed by atoms with Crippen molar-refractivity contribution in [1.82, 2.24) is 0 Å². The second-order valence-electron chi connectivity index (χ2n) is 7.79. The average molecular weight is 487 g/mol. The van der Waals surface area contributed by atoms with Crippen LogP contribution < -0.4 is 14.8 Å². The first-order chi connectivity index (χ1) is 16.9. The molecule has 0 aliphatic heterocycles. The quantitative estimate of drug-likeness (QED) is 0.192. The number of carbonyl (C=O) groups excluding carboxylic acids is 1. The van der Waals surface area contributed by atoms with E-state index in [0.29, 0.717) is 47.4 Å². The van der Waals surface area contributed by atoms with Crippen molar-refractivity contribution in [1.29, 1.82) is 5.26 Å². The number of aryl methyl sites for hydroxylation is 1. The van der Waals surface area contributed by atoms with Crippen molar-refractivity contribution in [2.24, 2.45) is 0 Å². The Morgan fingerprint density at radius 1 is 1.14 bits per heavy atom. The number of carbonyl (C=O) groups is 1. The summed E-state index contributed by atoms with van der Waals surface area (Å²) in [5.74, 6) is 0.651. The summed E-state index contributed by atoms with van der Waals surface area (Å²) in [6.07, 6.45) is 3.84. The van der Waals surface area contributed by atoms with E-state index >= 15 is 0 Å². The predicted molar refractivity (Wildman–Crippen MR) is 141 cm³/mol. The Bertz CT molecular complexity index is 1270. The molecular weight excluding hydrogens is 460 g/mol. The number of anilines is 1. The molecule has 0 saturated carbocycles. The number of nitrogens with zero attached hydrogens (tertiary/aromatic N) is 1. The van der Waals surface area contributed by atoms with E-state index in [0.717, 1.165) is 16.7 Å². The highest BCUT2D eigenvalue weighted by atomic mass is 35.5. The summed E-state index contributed by atoms with van der Waals surface area (Å²) in [5, 5.41) is 13.1. The Labute approximate surface area is 211 Å². The molecule has 3 aromatic rings. The molecular formula is C29H27ClN2O3. The molecule has 3 rings (SSSR count). The molecule has 0 unspecified atom stereocenters. The molecule has 5 nitrogen and oxygen atoms in total. The molecule has 1 amide bonds. The molecule has 1 N–H and O–H groups in total. The summed E-state index contributed by atoms with van der Waals surface area (Å²) < 4.78 is 12.0. The van der Waals surface area contributed by atoms with E-state index in [-0.39, 0.29) is 5.57 Å². The first-order valence-corrected chi connectivity index (χ1v) is 11.6. The van der Waals surface area contributed by atoms with Crippen LogP contribution in [0.3, 0.4) is 0 Å². The highest BCUT2D eigenvalue weighted by Crippen LogP contribution is 2.35. The zero-order valence-corrected chi connectivity index (χ0v) is 20.6. The van der Waals surface area contributed by atoms with Crippen LogP contribution >= 0.6 is 11.6 Å². The van der Waals surface area contributed by atoms with Gasteiger partial charge in [-0.1, -0.05) is 48.0 Å². The third kappa shape index (κ3) is 6.99. The lowest BCUT2D eigenvalue weighted by Gasteiger charge is -2.17.